The molecule has 17 heavy (non-hydrogen) atoms. The van der Waals surface area contributed by atoms with Crippen LogP contribution in [0.1, 0.15) is 26.0 Å². The van der Waals surface area contributed by atoms with Crippen molar-refractivity contribution in [3.8, 4) is 0 Å². The second-order valence-corrected chi connectivity index (χ2v) is 5.09. The van der Waals surface area contributed by atoms with Gasteiger partial charge >= 0.3 is 0 Å². The van der Waals surface area contributed by atoms with E-state index in [2.05, 4.69) is 4.98 Å². The third-order valence-electron chi connectivity index (χ3n) is 3.20. The van der Waals surface area contributed by atoms with Gasteiger partial charge in [-0.25, -0.2) is 4.98 Å². The number of Topliss-reactive ketones (excluding diaryl/α,β-unsaturated/α-hetero) is 1. The van der Waals surface area contributed by atoms with Gasteiger partial charge in [-0.05, 0) is 13.3 Å². The number of imidazole rings is 1. The number of fused-ring (bicyclic) bond motifs is 1. The Morgan fingerprint density at radius 2 is 2.41 bits per heavy atom. The van der Waals surface area contributed by atoms with Crippen LogP contribution in [0.15, 0.2) is 17.8 Å². The summed E-state index contributed by atoms with van der Waals surface area (Å²) in [6.07, 6.45) is 4.84. The predicted molar refractivity (Wildman–Crippen MR) is 67.5 cm³/mol. The second-order valence-electron chi connectivity index (χ2n) is 4.21. The Kier molecular flexibility index (Phi) is 3.31. The van der Waals surface area contributed by atoms with Gasteiger partial charge in [0.25, 0.3) is 0 Å². The average Bonchev–Trinajstić information content (AvgIpc) is 2.88. The molecule has 4 nitrogen and oxygen atoms in total. The van der Waals surface area contributed by atoms with Crippen LogP contribution in [-0.2, 0) is 16.0 Å². The number of ketones is 1. The van der Waals surface area contributed by atoms with Gasteiger partial charge in [-0.1, -0.05) is 6.92 Å². The predicted octanol–water partition coefficient (Wildman–Crippen LogP) is 2.32. The Bertz CT molecular complexity index is 497. The standard InChI is InChI=1S/C12H16N2O2S/c1-4-12(2,16-3)10(15)7-9-8-14-5-6-17-11(14)13-9/h5-6,8H,4,7H2,1-3H3. The summed E-state index contributed by atoms with van der Waals surface area (Å²) in [4.78, 5) is 17.4. The van der Waals surface area contributed by atoms with Crippen molar-refractivity contribution < 1.29 is 9.53 Å². The molecule has 0 N–H and O–H groups in total. The quantitative estimate of drug-likeness (QED) is 0.820. The lowest BCUT2D eigenvalue weighted by Crippen LogP contribution is -2.37. The van der Waals surface area contributed by atoms with Crippen LogP contribution in [-0.4, -0.2) is 27.9 Å². The lowest BCUT2D eigenvalue weighted by molar-refractivity contribution is -0.138. The number of aromatic nitrogens is 2. The Balaban J connectivity index is 2.16. The van der Waals surface area contributed by atoms with E-state index in [1.54, 1.807) is 18.4 Å². The molecule has 92 valence electrons. The summed E-state index contributed by atoms with van der Waals surface area (Å²) < 4.78 is 7.23. The number of ether oxygens (including phenoxy) is 1. The van der Waals surface area contributed by atoms with Gasteiger partial charge in [0.2, 0.25) is 0 Å². The van der Waals surface area contributed by atoms with Gasteiger partial charge in [0.15, 0.2) is 10.7 Å². The van der Waals surface area contributed by atoms with E-state index in [-0.39, 0.29) is 5.78 Å². The van der Waals surface area contributed by atoms with Crippen LogP contribution >= 0.6 is 11.3 Å². The largest absolute Gasteiger partial charge is 0.371 e. The van der Waals surface area contributed by atoms with Gasteiger partial charge in [0.1, 0.15) is 5.60 Å². The molecular weight excluding hydrogens is 236 g/mol. The van der Waals surface area contributed by atoms with Crippen LogP contribution in [0.2, 0.25) is 0 Å². The maximum Gasteiger partial charge on any atom is 0.193 e. The molecule has 0 aromatic carbocycles. The minimum atomic E-state index is -0.697. The summed E-state index contributed by atoms with van der Waals surface area (Å²) in [6.45, 7) is 3.78. The van der Waals surface area contributed by atoms with Crippen LogP contribution in [0.4, 0.5) is 0 Å². The molecule has 0 bridgehead atoms. The summed E-state index contributed by atoms with van der Waals surface area (Å²) in [7, 11) is 1.58. The molecule has 1 unspecified atom stereocenters. The molecule has 0 fully saturated rings. The lowest BCUT2D eigenvalue weighted by Gasteiger charge is -2.24. The molecule has 0 radical (unpaired) electrons. The molecule has 5 heteroatoms. The summed E-state index contributed by atoms with van der Waals surface area (Å²) in [5.74, 6) is 0.0771. The van der Waals surface area contributed by atoms with Crippen molar-refractivity contribution in [1.82, 2.24) is 9.38 Å². The molecule has 0 aliphatic heterocycles. The summed E-state index contributed by atoms with van der Waals surface area (Å²) >= 11 is 1.56. The maximum atomic E-state index is 12.1. The van der Waals surface area contributed by atoms with Crippen molar-refractivity contribution in [1.29, 1.82) is 0 Å². The zero-order valence-corrected chi connectivity index (χ0v) is 11.1. The third kappa shape index (κ3) is 2.25. The second kappa shape index (κ2) is 4.58. The first-order chi connectivity index (χ1) is 8.09. The minimum Gasteiger partial charge on any atom is -0.371 e. The molecule has 0 aliphatic carbocycles. The van der Waals surface area contributed by atoms with E-state index in [0.29, 0.717) is 12.8 Å². The molecule has 2 aromatic heterocycles. The number of carbonyl (C=O) groups excluding carboxylic acids is 1. The lowest BCUT2D eigenvalue weighted by atomic mass is 9.94. The summed E-state index contributed by atoms with van der Waals surface area (Å²) in [6, 6.07) is 0. The van der Waals surface area contributed by atoms with E-state index in [9.17, 15) is 4.79 Å². The first kappa shape index (κ1) is 12.3. The topological polar surface area (TPSA) is 43.6 Å². The van der Waals surface area contributed by atoms with Gasteiger partial charge < -0.3 is 4.74 Å². The summed E-state index contributed by atoms with van der Waals surface area (Å²) in [5, 5.41) is 1.97. The number of nitrogens with zero attached hydrogens (tertiary/aromatic N) is 2. The molecule has 2 aromatic rings. The molecule has 2 heterocycles. The molecular formula is C12H16N2O2S. The van der Waals surface area contributed by atoms with Crippen molar-refractivity contribution in [3.63, 3.8) is 0 Å². The average molecular weight is 252 g/mol. The van der Waals surface area contributed by atoms with Gasteiger partial charge in [-0.2, -0.15) is 0 Å². The van der Waals surface area contributed by atoms with Crippen LogP contribution in [0, 0.1) is 0 Å². The van der Waals surface area contributed by atoms with Crippen molar-refractivity contribution in [2.45, 2.75) is 32.3 Å². The van der Waals surface area contributed by atoms with E-state index < -0.39 is 5.60 Å². The fraction of sp³-hybridized carbons (Fsp3) is 0.500. The maximum absolute atomic E-state index is 12.1. The van der Waals surface area contributed by atoms with Gasteiger partial charge in [0, 0.05) is 24.9 Å². The van der Waals surface area contributed by atoms with Gasteiger partial charge in [-0.3, -0.25) is 9.20 Å². The van der Waals surface area contributed by atoms with Crippen molar-refractivity contribution in [2.24, 2.45) is 0 Å². The fourth-order valence-electron chi connectivity index (χ4n) is 1.67. The van der Waals surface area contributed by atoms with Crippen molar-refractivity contribution >= 4 is 22.1 Å². The minimum absolute atomic E-state index is 0.0771. The number of carbonyl (C=O) groups is 1. The van der Waals surface area contributed by atoms with Crippen LogP contribution < -0.4 is 0 Å². The van der Waals surface area contributed by atoms with E-state index in [0.717, 1.165) is 10.7 Å². The molecule has 0 spiro atoms. The molecule has 1 atom stereocenters. The highest BCUT2D eigenvalue weighted by atomic mass is 32.1. The zero-order valence-electron chi connectivity index (χ0n) is 10.3. The number of thiazole rings is 1. The SMILES string of the molecule is CCC(C)(OC)C(=O)Cc1cn2ccsc2n1. The first-order valence-electron chi connectivity index (χ1n) is 5.58. The van der Waals surface area contributed by atoms with Crippen LogP contribution in [0.3, 0.4) is 0 Å². The number of hydrogen-bond acceptors (Lipinski definition) is 4. The number of methoxy groups -OCH3 is 1. The fourth-order valence-corrected chi connectivity index (χ4v) is 2.39. The van der Waals surface area contributed by atoms with E-state index in [4.69, 9.17) is 4.74 Å². The Morgan fingerprint density at radius 1 is 1.65 bits per heavy atom. The van der Waals surface area contributed by atoms with E-state index in [1.807, 2.05) is 36.0 Å². The first-order valence-corrected chi connectivity index (χ1v) is 6.46. The zero-order chi connectivity index (χ0) is 12.5. The molecule has 2 rings (SSSR count). The van der Waals surface area contributed by atoms with Crippen molar-refractivity contribution in [2.75, 3.05) is 7.11 Å². The third-order valence-corrected chi connectivity index (χ3v) is 3.97. The Labute approximate surface area is 104 Å². The smallest absolute Gasteiger partial charge is 0.193 e. The van der Waals surface area contributed by atoms with E-state index in [1.165, 1.54) is 0 Å². The monoisotopic (exact) mass is 252 g/mol. The Morgan fingerprint density at radius 3 is 3.00 bits per heavy atom. The Hall–Kier alpha value is -1.20. The highest BCUT2D eigenvalue weighted by Gasteiger charge is 2.31. The highest BCUT2D eigenvalue weighted by molar-refractivity contribution is 7.15. The van der Waals surface area contributed by atoms with Gasteiger partial charge in [-0.15, -0.1) is 11.3 Å². The van der Waals surface area contributed by atoms with Crippen LogP contribution in [0.5, 0.6) is 0 Å². The molecule has 0 aliphatic rings. The number of hydrogen-bond donors (Lipinski definition) is 0. The van der Waals surface area contributed by atoms with Crippen LogP contribution in [0.25, 0.3) is 4.96 Å². The van der Waals surface area contributed by atoms with E-state index >= 15 is 0 Å². The number of rotatable bonds is 5. The van der Waals surface area contributed by atoms with Gasteiger partial charge in [0.05, 0.1) is 12.1 Å². The summed E-state index contributed by atoms with van der Waals surface area (Å²) in [5.41, 5.74) is 0.107. The molecule has 0 saturated heterocycles. The van der Waals surface area contributed by atoms with Crippen molar-refractivity contribution in [3.05, 3.63) is 23.5 Å². The normalized spacial score (nSPS) is 15.0. The molecule has 0 amide bonds. The molecule has 0 saturated carbocycles. The highest BCUT2D eigenvalue weighted by Crippen LogP contribution is 2.19.